The molecule has 0 aliphatic heterocycles. The van der Waals surface area contributed by atoms with E-state index in [4.69, 9.17) is 4.42 Å². The number of terminal acetylenes is 1. The third-order valence-corrected chi connectivity index (χ3v) is 5.61. The van der Waals surface area contributed by atoms with Gasteiger partial charge < -0.3 is 19.8 Å². The first kappa shape index (κ1) is 29.6. The van der Waals surface area contributed by atoms with Gasteiger partial charge in [-0.15, -0.1) is 12.8 Å². The molecular weight excluding hydrogens is 487 g/mol. The van der Waals surface area contributed by atoms with Crippen LogP contribution in [0.5, 0.6) is 0 Å². The lowest BCUT2D eigenvalue weighted by molar-refractivity contribution is -0.140. The van der Waals surface area contributed by atoms with Crippen LogP contribution in [0.4, 0.5) is 4.39 Å². The number of allylic oxidation sites excluding steroid dienone is 2. The maximum Gasteiger partial charge on any atom is 0.325 e. The molecule has 0 radical (unpaired) electrons. The summed E-state index contributed by atoms with van der Waals surface area (Å²) in [5, 5.41) is 5.80. The van der Waals surface area contributed by atoms with Gasteiger partial charge in [-0.2, -0.15) is 0 Å². The predicted octanol–water partition coefficient (Wildman–Crippen LogP) is 5.27. The van der Waals surface area contributed by atoms with Gasteiger partial charge in [-0.3, -0.25) is 14.4 Å². The fraction of sp³-hybridized carbons (Fsp3) is 0.233. The van der Waals surface area contributed by atoms with Gasteiger partial charge in [0.25, 0.3) is 11.8 Å². The van der Waals surface area contributed by atoms with Crippen molar-refractivity contribution in [3.05, 3.63) is 77.1 Å². The molecule has 0 atom stereocenters. The van der Waals surface area contributed by atoms with Crippen molar-refractivity contribution in [3.8, 4) is 24.2 Å². The molecule has 0 bridgehead atoms. The first-order chi connectivity index (χ1) is 18.4. The zero-order valence-corrected chi connectivity index (χ0v) is 21.9. The smallest absolute Gasteiger partial charge is 0.325 e. The molecule has 0 saturated heterocycles. The Hall–Kier alpha value is -4.64. The summed E-state index contributed by atoms with van der Waals surface area (Å²) in [6.45, 7) is 3.79. The van der Waals surface area contributed by atoms with Gasteiger partial charge in [0.2, 0.25) is 0 Å². The minimum atomic E-state index is -0.530. The van der Waals surface area contributed by atoms with E-state index in [1.165, 1.54) is 26.3 Å². The zero-order valence-electron chi connectivity index (χ0n) is 21.9. The molecule has 4 rings (SSSR count). The van der Waals surface area contributed by atoms with E-state index in [0.717, 1.165) is 11.1 Å². The summed E-state index contributed by atoms with van der Waals surface area (Å²) in [6, 6.07) is 11.3. The molecular formula is C30H31FN2O5. The third kappa shape index (κ3) is 6.77. The monoisotopic (exact) mass is 518 g/mol. The Bertz CT molecular complexity index is 1380. The van der Waals surface area contributed by atoms with Crippen molar-refractivity contribution in [3.63, 3.8) is 0 Å². The second-order valence-electron chi connectivity index (χ2n) is 7.73. The van der Waals surface area contributed by atoms with E-state index in [1.54, 1.807) is 24.3 Å². The van der Waals surface area contributed by atoms with Crippen LogP contribution >= 0.6 is 0 Å². The van der Waals surface area contributed by atoms with Crippen LogP contribution in [0.25, 0.3) is 27.9 Å². The van der Waals surface area contributed by atoms with Crippen molar-refractivity contribution >= 4 is 34.3 Å². The number of carbonyl (C=O) groups is 3. The second-order valence-corrected chi connectivity index (χ2v) is 7.73. The lowest BCUT2D eigenvalue weighted by Crippen LogP contribution is -2.31. The Morgan fingerprint density at radius 2 is 1.68 bits per heavy atom. The van der Waals surface area contributed by atoms with Crippen LogP contribution < -0.4 is 10.6 Å². The van der Waals surface area contributed by atoms with Gasteiger partial charge in [0.05, 0.1) is 12.7 Å². The average molecular weight is 519 g/mol. The molecule has 38 heavy (non-hydrogen) atoms. The number of ether oxygens (including phenoxy) is 1. The molecule has 7 nitrogen and oxygen atoms in total. The number of amides is 2. The maximum atomic E-state index is 13.4. The number of fused-ring (bicyclic) bond motifs is 1. The third-order valence-electron chi connectivity index (χ3n) is 5.61. The number of hydrogen-bond donors (Lipinski definition) is 2. The number of methoxy groups -OCH3 is 1. The molecule has 2 aromatic carbocycles. The molecule has 2 N–H and O–H groups in total. The number of halogens is 1. The molecule has 1 aliphatic rings. The highest BCUT2D eigenvalue weighted by Gasteiger charge is 2.23. The van der Waals surface area contributed by atoms with Crippen molar-refractivity contribution in [2.24, 2.45) is 0 Å². The molecule has 1 heterocycles. The highest BCUT2D eigenvalue weighted by atomic mass is 19.1. The van der Waals surface area contributed by atoms with Crippen molar-refractivity contribution in [2.75, 3.05) is 20.7 Å². The lowest BCUT2D eigenvalue weighted by Gasteiger charge is -2.14. The van der Waals surface area contributed by atoms with E-state index >= 15 is 0 Å². The molecule has 0 unspecified atom stereocenters. The highest BCUT2D eigenvalue weighted by molar-refractivity contribution is 6.11. The Morgan fingerprint density at radius 3 is 2.32 bits per heavy atom. The summed E-state index contributed by atoms with van der Waals surface area (Å²) in [7, 11) is 2.79. The van der Waals surface area contributed by atoms with Gasteiger partial charge in [-0.1, -0.05) is 26.0 Å². The van der Waals surface area contributed by atoms with Gasteiger partial charge in [0.15, 0.2) is 0 Å². The summed E-state index contributed by atoms with van der Waals surface area (Å²) in [5.74, 6) is -1.25. The average Bonchev–Trinajstić information content (AvgIpc) is 3.36. The Labute approximate surface area is 221 Å². The fourth-order valence-corrected chi connectivity index (χ4v) is 3.87. The molecule has 0 spiro atoms. The number of furan rings is 1. The van der Waals surface area contributed by atoms with Crippen LogP contribution in [0.3, 0.4) is 0 Å². The molecule has 198 valence electrons. The SMILES string of the molecule is C#C.CC.CNC(=O)c1c(-c2ccc(F)cc2)oc2ccc(C3=CC(C(=O)NCC(=O)OC)=CCC3)cc12. The number of nitrogens with one attached hydrogen (secondary N) is 2. The van der Waals surface area contributed by atoms with Gasteiger partial charge in [0.1, 0.15) is 23.7 Å². The number of esters is 1. The first-order valence-electron chi connectivity index (χ1n) is 12.0. The number of rotatable bonds is 6. The van der Waals surface area contributed by atoms with Crippen LogP contribution in [0.15, 0.2) is 64.6 Å². The van der Waals surface area contributed by atoms with Crippen molar-refractivity contribution in [1.82, 2.24) is 10.6 Å². The molecule has 1 aromatic heterocycles. The molecule has 1 aliphatic carbocycles. The van der Waals surface area contributed by atoms with E-state index in [2.05, 4.69) is 28.2 Å². The topological polar surface area (TPSA) is 97.6 Å². The molecule has 0 saturated carbocycles. The van der Waals surface area contributed by atoms with Crippen molar-refractivity contribution in [1.29, 1.82) is 0 Å². The minimum Gasteiger partial charge on any atom is -0.468 e. The maximum absolute atomic E-state index is 13.4. The van der Waals surface area contributed by atoms with E-state index in [-0.39, 0.29) is 24.2 Å². The summed E-state index contributed by atoms with van der Waals surface area (Å²) >= 11 is 0. The van der Waals surface area contributed by atoms with E-state index in [0.29, 0.717) is 46.3 Å². The van der Waals surface area contributed by atoms with Crippen LogP contribution in [0.1, 0.15) is 42.6 Å². The summed E-state index contributed by atoms with van der Waals surface area (Å²) in [4.78, 5) is 36.5. The number of carbonyl (C=O) groups excluding carboxylic acids is 3. The molecule has 3 aromatic rings. The van der Waals surface area contributed by atoms with Crippen LogP contribution in [-0.2, 0) is 14.3 Å². The Kier molecular flexibility index (Phi) is 11.0. The summed E-state index contributed by atoms with van der Waals surface area (Å²) in [5.41, 5.74) is 3.67. The largest absolute Gasteiger partial charge is 0.468 e. The highest BCUT2D eigenvalue weighted by Crippen LogP contribution is 2.36. The quantitative estimate of drug-likeness (QED) is 0.342. The second kappa shape index (κ2) is 14.2. The number of benzene rings is 2. The van der Waals surface area contributed by atoms with Crippen molar-refractivity contribution in [2.45, 2.75) is 26.7 Å². The Morgan fingerprint density at radius 1 is 1.03 bits per heavy atom. The van der Waals surface area contributed by atoms with Gasteiger partial charge in [-0.25, -0.2) is 4.39 Å². The van der Waals surface area contributed by atoms with E-state index in [1.807, 2.05) is 32.1 Å². The van der Waals surface area contributed by atoms with Crippen LogP contribution in [0.2, 0.25) is 0 Å². The van der Waals surface area contributed by atoms with Crippen molar-refractivity contribution < 1.29 is 27.9 Å². The fourth-order valence-electron chi connectivity index (χ4n) is 3.87. The number of hydrogen-bond acceptors (Lipinski definition) is 5. The lowest BCUT2D eigenvalue weighted by atomic mass is 9.92. The summed E-state index contributed by atoms with van der Waals surface area (Å²) < 4.78 is 24.0. The first-order valence-corrected chi connectivity index (χ1v) is 12.0. The normalized spacial score (nSPS) is 12.0. The molecule has 0 fully saturated rings. The standard InChI is InChI=1S/C26H23FN2O5.C2H6.C2H2/c1-28-26(32)23-20-13-17(8-11-21(20)34-24(23)15-6-9-19(27)10-7-15)16-4-3-5-18(12-16)25(31)29-14-22(30)33-2;2*1-2/h5-13H,3-4,14H2,1-2H3,(H,28,32)(H,29,31);1-2H3;1-2H. The van der Waals surface area contributed by atoms with Crippen LogP contribution in [-0.4, -0.2) is 38.5 Å². The van der Waals surface area contributed by atoms with E-state index < -0.39 is 5.97 Å². The van der Waals surface area contributed by atoms with Gasteiger partial charge >= 0.3 is 5.97 Å². The van der Waals surface area contributed by atoms with Gasteiger partial charge in [0, 0.05) is 23.6 Å². The summed E-state index contributed by atoms with van der Waals surface area (Å²) in [6.07, 6.45) is 12.9. The van der Waals surface area contributed by atoms with E-state index in [9.17, 15) is 18.8 Å². The minimum absolute atomic E-state index is 0.210. The predicted molar refractivity (Wildman–Crippen MR) is 147 cm³/mol. The van der Waals surface area contributed by atoms with Crippen LogP contribution in [0, 0.1) is 18.7 Å². The molecule has 8 heteroatoms. The van der Waals surface area contributed by atoms with Gasteiger partial charge in [-0.05, 0) is 66.5 Å². The zero-order chi connectivity index (χ0) is 28.2. The Balaban J connectivity index is 0.00000121. The molecule has 2 amide bonds.